The van der Waals surface area contributed by atoms with Crippen LogP contribution in [0.4, 0.5) is 27.6 Å². The summed E-state index contributed by atoms with van der Waals surface area (Å²) in [5.74, 6) is -1.63. The minimum absolute atomic E-state index is 0.128. The quantitative estimate of drug-likeness (QED) is 0.623. The van der Waals surface area contributed by atoms with Crippen LogP contribution >= 0.6 is 0 Å². The van der Waals surface area contributed by atoms with Crippen molar-refractivity contribution in [2.45, 2.75) is 19.0 Å². The van der Waals surface area contributed by atoms with Gasteiger partial charge in [0.25, 0.3) is 0 Å². The van der Waals surface area contributed by atoms with Gasteiger partial charge in [-0.15, -0.1) is 0 Å². The van der Waals surface area contributed by atoms with Crippen LogP contribution in [-0.2, 0) is 0 Å². The summed E-state index contributed by atoms with van der Waals surface area (Å²) >= 11 is 0. The first-order valence-corrected chi connectivity index (χ1v) is 4.65. The molecule has 0 aromatic heterocycles. The summed E-state index contributed by atoms with van der Waals surface area (Å²) in [7, 11) is 0. The summed E-state index contributed by atoms with van der Waals surface area (Å²) in [6, 6.07) is 3.26. The molecule has 0 unspecified atom stereocenters. The molecule has 0 bridgehead atoms. The van der Waals surface area contributed by atoms with Crippen molar-refractivity contribution in [3.8, 4) is 0 Å². The molecule has 0 saturated carbocycles. The molecule has 1 rings (SSSR count). The SMILES string of the molecule is Fc1cccc(F)c1NCCCC(F)(F)F. The molecule has 0 saturated heterocycles. The van der Waals surface area contributed by atoms with Gasteiger partial charge >= 0.3 is 6.18 Å². The fraction of sp³-hybridized carbons (Fsp3) is 0.400. The highest BCUT2D eigenvalue weighted by Crippen LogP contribution is 2.22. The Morgan fingerprint density at radius 3 is 2.12 bits per heavy atom. The molecule has 1 N–H and O–H groups in total. The van der Waals surface area contributed by atoms with Crippen molar-refractivity contribution in [2.75, 3.05) is 11.9 Å². The molecule has 0 heterocycles. The normalized spacial score (nSPS) is 11.6. The Labute approximate surface area is 89.3 Å². The van der Waals surface area contributed by atoms with E-state index in [0.29, 0.717) is 0 Å². The zero-order valence-electron chi connectivity index (χ0n) is 8.24. The Morgan fingerprint density at radius 2 is 1.62 bits per heavy atom. The minimum atomic E-state index is -4.24. The molecule has 1 aromatic rings. The maximum atomic E-state index is 13.0. The molecule has 0 aliphatic heterocycles. The van der Waals surface area contributed by atoms with Gasteiger partial charge in [-0.1, -0.05) is 6.07 Å². The van der Waals surface area contributed by atoms with E-state index in [-0.39, 0.29) is 18.7 Å². The van der Waals surface area contributed by atoms with E-state index in [9.17, 15) is 22.0 Å². The van der Waals surface area contributed by atoms with Gasteiger partial charge in [0.2, 0.25) is 0 Å². The highest BCUT2D eigenvalue weighted by molar-refractivity contribution is 5.45. The van der Waals surface area contributed by atoms with Crippen molar-refractivity contribution in [1.29, 1.82) is 0 Å². The molecule has 16 heavy (non-hydrogen) atoms. The van der Waals surface area contributed by atoms with Crippen LogP contribution in [0.15, 0.2) is 18.2 Å². The van der Waals surface area contributed by atoms with Crippen LogP contribution in [0.2, 0.25) is 0 Å². The summed E-state index contributed by atoms with van der Waals surface area (Å²) < 4.78 is 61.3. The molecule has 0 amide bonds. The van der Waals surface area contributed by atoms with Crippen LogP contribution in [0.1, 0.15) is 12.8 Å². The summed E-state index contributed by atoms with van der Waals surface area (Å²) in [4.78, 5) is 0. The van der Waals surface area contributed by atoms with E-state index in [1.807, 2.05) is 0 Å². The van der Waals surface area contributed by atoms with Crippen LogP contribution in [-0.4, -0.2) is 12.7 Å². The predicted octanol–water partition coefficient (Wildman–Crippen LogP) is 3.72. The zero-order valence-corrected chi connectivity index (χ0v) is 8.24. The smallest absolute Gasteiger partial charge is 0.380 e. The molecule has 0 spiro atoms. The monoisotopic (exact) mass is 239 g/mol. The van der Waals surface area contributed by atoms with Gasteiger partial charge in [-0.2, -0.15) is 13.2 Å². The van der Waals surface area contributed by atoms with Crippen molar-refractivity contribution in [1.82, 2.24) is 0 Å². The number of para-hydroxylation sites is 1. The minimum Gasteiger partial charge on any atom is -0.380 e. The van der Waals surface area contributed by atoms with E-state index < -0.39 is 24.2 Å². The van der Waals surface area contributed by atoms with E-state index in [4.69, 9.17) is 0 Å². The van der Waals surface area contributed by atoms with Gasteiger partial charge in [0.1, 0.15) is 17.3 Å². The van der Waals surface area contributed by atoms with Crippen LogP contribution in [0.25, 0.3) is 0 Å². The molecular weight excluding hydrogens is 229 g/mol. The second-order valence-electron chi connectivity index (χ2n) is 3.24. The van der Waals surface area contributed by atoms with Gasteiger partial charge in [0, 0.05) is 13.0 Å². The Bertz CT molecular complexity index is 327. The molecule has 0 radical (unpaired) electrons. The molecule has 0 aliphatic rings. The van der Waals surface area contributed by atoms with Gasteiger partial charge in [0.15, 0.2) is 0 Å². The number of alkyl halides is 3. The van der Waals surface area contributed by atoms with Crippen molar-refractivity contribution >= 4 is 5.69 Å². The lowest BCUT2D eigenvalue weighted by atomic mass is 10.2. The van der Waals surface area contributed by atoms with E-state index in [0.717, 1.165) is 12.1 Å². The molecule has 1 aromatic carbocycles. The Hall–Kier alpha value is -1.33. The van der Waals surface area contributed by atoms with Crippen LogP contribution in [0.5, 0.6) is 0 Å². The van der Waals surface area contributed by atoms with Crippen LogP contribution in [0.3, 0.4) is 0 Å². The number of halogens is 5. The molecule has 6 heteroatoms. The highest BCUT2D eigenvalue weighted by atomic mass is 19.4. The molecule has 0 aliphatic carbocycles. The van der Waals surface area contributed by atoms with E-state index in [1.165, 1.54) is 6.07 Å². The number of rotatable bonds is 4. The largest absolute Gasteiger partial charge is 0.389 e. The van der Waals surface area contributed by atoms with Crippen molar-refractivity contribution in [3.63, 3.8) is 0 Å². The lowest BCUT2D eigenvalue weighted by molar-refractivity contribution is -0.134. The van der Waals surface area contributed by atoms with Crippen molar-refractivity contribution in [3.05, 3.63) is 29.8 Å². The summed E-state index contributed by atoms with van der Waals surface area (Å²) in [6.07, 6.45) is -5.44. The number of hydrogen-bond donors (Lipinski definition) is 1. The second kappa shape index (κ2) is 5.14. The van der Waals surface area contributed by atoms with E-state index in [2.05, 4.69) is 5.32 Å². The maximum Gasteiger partial charge on any atom is 0.389 e. The fourth-order valence-corrected chi connectivity index (χ4v) is 1.17. The molecule has 0 fully saturated rings. The van der Waals surface area contributed by atoms with Gasteiger partial charge in [-0.25, -0.2) is 8.78 Å². The predicted molar refractivity (Wildman–Crippen MR) is 50.1 cm³/mol. The Kier molecular flexibility index (Phi) is 4.09. The summed E-state index contributed by atoms with van der Waals surface area (Å²) in [5.41, 5.74) is -0.385. The summed E-state index contributed by atoms with van der Waals surface area (Å²) in [6.45, 7) is -0.128. The molecule has 1 nitrogen and oxygen atoms in total. The number of hydrogen-bond acceptors (Lipinski definition) is 1. The first kappa shape index (κ1) is 12.7. The zero-order chi connectivity index (χ0) is 12.2. The third kappa shape index (κ3) is 4.04. The van der Waals surface area contributed by atoms with Crippen molar-refractivity contribution < 1.29 is 22.0 Å². The third-order valence-corrected chi connectivity index (χ3v) is 1.90. The first-order valence-electron chi connectivity index (χ1n) is 4.65. The van der Waals surface area contributed by atoms with Gasteiger partial charge in [-0.05, 0) is 18.6 Å². The first-order chi connectivity index (χ1) is 7.40. The van der Waals surface area contributed by atoms with Gasteiger partial charge in [-0.3, -0.25) is 0 Å². The summed E-state index contributed by atoms with van der Waals surface area (Å²) in [5, 5.41) is 2.30. The Balaban J connectivity index is 2.43. The maximum absolute atomic E-state index is 13.0. The Morgan fingerprint density at radius 1 is 1.06 bits per heavy atom. The van der Waals surface area contributed by atoms with Gasteiger partial charge < -0.3 is 5.32 Å². The van der Waals surface area contributed by atoms with E-state index in [1.54, 1.807) is 0 Å². The lowest BCUT2D eigenvalue weighted by Crippen LogP contribution is -2.12. The molecular formula is C10H10F5N. The number of nitrogens with one attached hydrogen (secondary N) is 1. The number of anilines is 1. The molecule has 90 valence electrons. The average molecular weight is 239 g/mol. The van der Waals surface area contributed by atoms with Crippen molar-refractivity contribution in [2.24, 2.45) is 0 Å². The topological polar surface area (TPSA) is 12.0 Å². The molecule has 0 atom stereocenters. The second-order valence-corrected chi connectivity index (χ2v) is 3.24. The standard InChI is InChI=1S/C10H10F5N/c11-7-3-1-4-8(12)9(7)16-6-2-5-10(13,14)15/h1,3-4,16H,2,5-6H2. The fourth-order valence-electron chi connectivity index (χ4n) is 1.17. The average Bonchev–Trinajstić information content (AvgIpc) is 2.14. The highest BCUT2D eigenvalue weighted by Gasteiger charge is 2.25. The van der Waals surface area contributed by atoms with Gasteiger partial charge in [0.05, 0.1) is 0 Å². The van der Waals surface area contributed by atoms with E-state index >= 15 is 0 Å². The number of benzene rings is 1. The third-order valence-electron chi connectivity index (χ3n) is 1.90. The van der Waals surface area contributed by atoms with Crippen LogP contribution in [0, 0.1) is 11.6 Å². The lowest BCUT2D eigenvalue weighted by Gasteiger charge is -2.09. The van der Waals surface area contributed by atoms with Crippen LogP contribution < -0.4 is 5.32 Å².